The summed E-state index contributed by atoms with van der Waals surface area (Å²) in [5, 5.41) is 3.42. The molecule has 3 fully saturated rings. The third-order valence-corrected chi connectivity index (χ3v) is 7.94. The Balaban J connectivity index is 1.54. The average molecular weight is 360 g/mol. The van der Waals surface area contributed by atoms with Crippen LogP contribution in [0, 0.1) is 5.41 Å². The van der Waals surface area contributed by atoms with E-state index in [1.54, 1.807) is 11.4 Å². The van der Waals surface area contributed by atoms with Gasteiger partial charge in [0.15, 0.2) is 0 Å². The lowest BCUT2D eigenvalue weighted by Crippen LogP contribution is -2.56. The lowest BCUT2D eigenvalue weighted by atomic mass is 9.68. The predicted octanol–water partition coefficient (Wildman–Crippen LogP) is 1.64. The Morgan fingerprint density at radius 2 is 1.75 bits per heavy atom. The molecule has 0 aromatic rings. The van der Waals surface area contributed by atoms with E-state index in [2.05, 4.69) is 10.0 Å². The van der Waals surface area contributed by atoms with E-state index in [-0.39, 0.29) is 5.54 Å². The van der Waals surface area contributed by atoms with E-state index < -0.39 is 10.2 Å². The number of hydrogen-bond donors (Lipinski definition) is 2. The van der Waals surface area contributed by atoms with Crippen LogP contribution >= 0.6 is 0 Å². The topological polar surface area (TPSA) is 70.7 Å². The maximum atomic E-state index is 12.7. The van der Waals surface area contributed by atoms with Crippen molar-refractivity contribution in [1.82, 2.24) is 14.3 Å². The molecule has 0 amide bonds. The highest BCUT2D eigenvalue weighted by atomic mass is 32.2. The van der Waals surface area contributed by atoms with Gasteiger partial charge in [-0.15, -0.1) is 0 Å². The molecule has 1 atom stereocenters. The third-order valence-electron chi connectivity index (χ3n) is 6.38. The molecule has 7 heteroatoms. The highest BCUT2D eigenvalue weighted by molar-refractivity contribution is 7.87. The van der Waals surface area contributed by atoms with E-state index in [0.717, 1.165) is 32.2 Å². The zero-order valence-corrected chi connectivity index (χ0v) is 15.8. The normalized spacial score (nSPS) is 31.5. The number of methoxy groups -OCH3 is 1. The van der Waals surface area contributed by atoms with Crippen LogP contribution in [-0.2, 0) is 14.9 Å². The first kappa shape index (κ1) is 18.6. The second-order valence-electron chi connectivity index (χ2n) is 8.03. The lowest BCUT2D eigenvalue weighted by molar-refractivity contribution is 0.101. The first-order valence-corrected chi connectivity index (χ1v) is 10.9. The van der Waals surface area contributed by atoms with E-state index in [1.807, 2.05) is 0 Å². The van der Waals surface area contributed by atoms with Gasteiger partial charge in [-0.05, 0) is 50.5 Å². The fraction of sp³-hybridized carbons (Fsp3) is 1.00. The molecule has 2 heterocycles. The van der Waals surface area contributed by atoms with Gasteiger partial charge in [0.25, 0.3) is 10.2 Å². The van der Waals surface area contributed by atoms with Crippen LogP contribution in [-0.4, -0.2) is 58.2 Å². The molecular weight excluding hydrogens is 326 g/mol. The molecule has 0 bridgehead atoms. The highest BCUT2D eigenvalue weighted by Gasteiger charge is 2.40. The van der Waals surface area contributed by atoms with Gasteiger partial charge in [-0.1, -0.05) is 19.3 Å². The van der Waals surface area contributed by atoms with Crippen molar-refractivity contribution in [1.29, 1.82) is 0 Å². The van der Waals surface area contributed by atoms with Crippen molar-refractivity contribution in [3.05, 3.63) is 0 Å². The number of rotatable bonds is 6. The van der Waals surface area contributed by atoms with Gasteiger partial charge >= 0.3 is 0 Å². The van der Waals surface area contributed by atoms with E-state index in [9.17, 15) is 8.42 Å². The van der Waals surface area contributed by atoms with E-state index in [1.165, 1.54) is 32.1 Å². The predicted molar refractivity (Wildman–Crippen MR) is 95.1 cm³/mol. The molecule has 2 saturated heterocycles. The molecule has 0 radical (unpaired) electrons. The highest BCUT2D eigenvalue weighted by Crippen LogP contribution is 2.44. The van der Waals surface area contributed by atoms with Crippen LogP contribution in [0.5, 0.6) is 0 Å². The van der Waals surface area contributed by atoms with Crippen LogP contribution in [0.15, 0.2) is 0 Å². The molecule has 3 rings (SSSR count). The van der Waals surface area contributed by atoms with Crippen molar-refractivity contribution in [3.8, 4) is 0 Å². The molecule has 1 saturated carbocycles. The Hall–Kier alpha value is -0.210. The minimum atomic E-state index is -3.39. The first-order chi connectivity index (χ1) is 11.5. The molecule has 0 aromatic heterocycles. The van der Waals surface area contributed by atoms with Crippen LogP contribution in [0.1, 0.15) is 57.8 Å². The van der Waals surface area contributed by atoms with Crippen LogP contribution < -0.4 is 10.0 Å². The summed E-state index contributed by atoms with van der Waals surface area (Å²) < 4.78 is 35.2. The summed E-state index contributed by atoms with van der Waals surface area (Å²) >= 11 is 0. The van der Waals surface area contributed by atoms with Crippen LogP contribution in [0.2, 0.25) is 0 Å². The molecule has 24 heavy (non-hydrogen) atoms. The number of nitrogens with one attached hydrogen (secondary N) is 2. The fourth-order valence-electron chi connectivity index (χ4n) is 4.79. The van der Waals surface area contributed by atoms with Crippen molar-refractivity contribution in [2.75, 3.05) is 39.9 Å². The van der Waals surface area contributed by atoms with E-state index in [0.29, 0.717) is 31.7 Å². The van der Waals surface area contributed by atoms with Crippen molar-refractivity contribution < 1.29 is 13.2 Å². The zero-order valence-electron chi connectivity index (χ0n) is 15.0. The SMILES string of the molecule is COCC1(CNS(=O)(=O)N2CCC3(CCCCC3)CC2)CCCN1. The Bertz CT molecular complexity index is 501. The summed E-state index contributed by atoms with van der Waals surface area (Å²) in [4.78, 5) is 0. The minimum absolute atomic E-state index is 0.248. The monoisotopic (exact) mass is 359 g/mol. The Morgan fingerprint density at radius 3 is 2.33 bits per heavy atom. The largest absolute Gasteiger partial charge is 0.383 e. The molecule has 0 aromatic carbocycles. The number of hydrogen-bond acceptors (Lipinski definition) is 4. The van der Waals surface area contributed by atoms with Crippen molar-refractivity contribution in [2.45, 2.75) is 63.3 Å². The maximum Gasteiger partial charge on any atom is 0.279 e. The number of nitrogens with zero attached hydrogens (tertiary/aromatic N) is 1. The Labute approximate surface area is 146 Å². The standard InChI is InChI=1S/C17H33N3O3S/c1-23-15-17(8-5-11-18-17)14-19-24(21,22)20-12-9-16(10-13-20)6-3-2-4-7-16/h18-19H,2-15H2,1H3. The molecule has 1 aliphatic carbocycles. The van der Waals surface area contributed by atoms with Crippen molar-refractivity contribution in [2.24, 2.45) is 5.41 Å². The van der Waals surface area contributed by atoms with E-state index >= 15 is 0 Å². The molecule has 2 N–H and O–H groups in total. The summed E-state index contributed by atoms with van der Waals surface area (Å²) in [6.07, 6.45) is 10.6. The van der Waals surface area contributed by atoms with Gasteiger partial charge < -0.3 is 10.1 Å². The van der Waals surface area contributed by atoms with Gasteiger partial charge in [0.2, 0.25) is 0 Å². The van der Waals surface area contributed by atoms with Gasteiger partial charge in [0.05, 0.1) is 12.1 Å². The van der Waals surface area contributed by atoms with Gasteiger partial charge in [0.1, 0.15) is 0 Å². The fourth-order valence-corrected chi connectivity index (χ4v) is 6.10. The number of ether oxygens (including phenoxy) is 1. The zero-order chi connectivity index (χ0) is 17.1. The van der Waals surface area contributed by atoms with Crippen LogP contribution in [0.3, 0.4) is 0 Å². The molecule has 1 unspecified atom stereocenters. The molecule has 3 aliphatic rings. The summed E-state index contributed by atoms with van der Waals surface area (Å²) in [7, 11) is -1.72. The van der Waals surface area contributed by atoms with Gasteiger partial charge in [-0.3, -0.25) is 0 Å². The summed E-state index contributed by atoms with van der Waals surface area (Å²) in [6.45, 7) is 3.21. The molecular formula is C17H33N3O3S. The second kappa shape index (κ2) is 7.58. The molecule has 2 aliphatic heterocycles. The second-order valence-corrected chi connectivity index (χ2v) is 9.78. The van der Waals surface area contributed by atoms with Crippen molar-refractivity contribution >= 4 is 10.2 Å². The van der Waals surface area contributed by atoms with Gasteiger partial charge in [-0.25, -0.2) is 4.72 Å². The quantitative estimate of drug-likeness (QED) is 0.756. The van der Waals surface area contributed by atoms with Crippen LogP contribution in [0.4, 0.5) is 0 Å². The van der Waals surface area contributed by atoms with Crippen LogP contribution in [0.25, 0.3) is 0 Å². The molecule has 140 valence electrons. The van der Waals surface area contributed by atoms with Crippen molar-refractivity contribution in [3.63, 3.8) is 0 Å². The lowest BCUT2D eigenvalue weighted by Gasteiger charge is -2.44. The summed E-state index contributed by atoms with van der Waals surface area (Å²) in [5.41, 5.74) is 0.177. The summed E-state index contributed by atoms with van der Waals surface area (Å²) in [6, 6.07) is 0. The summed E-state index contributed by atoms with van der Waals surface area (Å²) in [5.74, 6) is 0. The average Bonchev–Trinajstić information content (AvgIpc) is 3.04. The third kappa shape index (κ3) is 4.12. The minimum Gasteiger partial charge on any atom is -0.383 e. The maximum absolute atomic E-state index is 12.7. The van der Waals surface area contributed by atoms with E-state index in [4.69, 9.17) is 4.74 Å². The number of piperidine rings is 1. The smallest absolute Gasteiger partial charge is 0.279 e. The first-order valence-electron chi connectivity index (χ1n) is 9.48. The van der Waals surface area contributed by atoms with Gasteiger partial charge in [0, 0.05) is 26.7 Å². The molecule has 6 nitrogen and oxygen atoms in total. The molecule has 1 spiro atoms. The van der Waals surface area contributed by atoms with Gasteiger partial charge in [-0.2, -0.15) is 12.7 Å². The Kier molecular flexibility index (Phi) is 5.87. The Morgan fingerprint density at radius 1 is 1.04 bits per heavy atom.